The van der Waals surface area contributed by atoms with E-state index in [1.807, 2.05) is 26.0 Å². The number of aromatic nitrogens is 2. The van der Waals surface area contributed by atoms with Crippen LogP contribution in [0.3, 0.4) is 0 Å². The first-order valence-electron chi connectivity index (χ1n) is 12.6. The minimum atomic E-state index is -0.979. The second kappa shape index (κ2) is 10.3. The number of methoxy groups -OCH3 is 1. The number of H-pyrrole nitrogens is 1. The van der Waals surface area contributed by atoms with E-state index >= 15 is 0 Å². The SMILES string of the molecule is CCOC1CCN(Cc2c(OC)cc(C)c3[nH]ccc(=O)c23)[C@H](c2ccc(C(=O)O)c3cccnc23)C1. The Labute approximate surface area is 214 Å². The van der Waals surface area contributed by atoms with Crippen molar-refractivity contribution in [1.29, 1.82) is 0 Å². The van der Waals surface area contributed by atoms with Crippen molar-refractivity contribution in [3.05, 3.63) is 81.3 Å². The average Bonchev–Trinajstić information content (AvgIpc) is 2.90. The normalized spacial score (nSPS) is 18.4. The van der Waals surface area contributed by atoms with Gasteiger partial charge in [-0.2, -0.15) is 0 Å². The molecule has 4 aromatic rings. The number of piperidine rings is 1. The molecule has 37 heavy (non-hydrogen) atoms. The molecule has 1 saturated heterocycles. The summed E-state index contributed by atoms with van der Waals surface area (Å²) in [5.74, 6) is -0.302. The maximum atomic E-state index is 13.0. The third-order valence-electron chi connectivity index (χ3n) is 7.34. The smallest absolute Gasteiger partial charge is 0.336 e. The molecule has 2 aromatic carbocycles. The van der Waals surface area contributed by atoms with Gasteiger partial charge in [-0.05, 0) is 56.0 Å². The molecule has 8 heteroatoms. The van der Waals surface area contributed by atoms with Crippen LogP contribution in [0.25, 0.3) is 21.8 Å². The molecule has 1 aliphatic rings. The Balaban J connectivity index is 1.65. The van der Waals surface area contributed by atoms with Crippen LogP contribution in [0.4, 0.5) is 0 Å². The van der Waals surface area contributed by atoms with Gasteiger partial charge >= 0.3 is 5.97 Å². The van der Waals surface area contributed by atoms with Crippen molar-refractivity contribution in [2.24, 2.45) is 0 Å². The van der Waals surface area contributed by atoms with Gasteiger partial charge in [-0.15, -0.1) is 0 Å². The molecule has 3 heterocycles. The van der Waals surface area contributed by atoms with Crippen molar-refractivity contribution in [2.45, 2.75) is 45.4 Å². The van der Waals surface area contributed by atoms with Gasteiger partial charge in [0, 0.05) is 55.1 Å². The zero-order chi connectivity index (χ0) is 26.1. The van der Waals surface area contributed by atoms with Crippen LogP contribution in [0.1, 0.15) is 52.9 Å². The Morgan fingerprint density at radius 2 is 2.11 bits per heavy atom. The van der Waals surface area contributed by atoms with E-state index in [2.05, 4.69) is 14.9 Å². The summed E-state index contributed by atoms with van der Waals surface area (Å²) >= 11 is 0. The largest absolute Gasteiger partial charge is 0.496 e. The number of carboxylic acid groups (broad SMARTS) is 1. The minimum Gasteiger partial charge on any atom is -0.496 e. The number of benzene rings is 2. The highest BCUT2D eigenvalue weighted by molar-refractivity contribution is 6.03. The number of fused-ring (bicyclic) bond motifs is 2. The number of nitrogens with zero attached hydrogens (tertiary/aromatic N) is 2. The molecule has 0 bridgehead atoms. The van der Waals surface area contributed by atoms with Gasteiger partial charge in [-0.1, -0.05) is 12.1 Å². The number of nitrogens with one attached hydrogen (secondary N) is 1. The lowest BCUT2D eigenvalue weighted by molar-refractivity contribution is -0.0135. The van der Waals surface area contributed by atoms with Crippen molar-refractivity contribution < 1.29 is 19.4 Å². The molecule has 8 nitrogen and oxygen atoms in total. The number of likely N-dealkylation sites (tertiary alicyclic amines) is 1. The number of aromatic carboxylic acids is 1. The van der Waals surface area contributed by atoms with Crippen LogP contribution in [0.2, 0.25) is 0 Å². The van der Waals surface area contributed by atoms with Crippen molar-refractivity contribution in [1.82, 2.24) is 14.9 Å². The summed E-state index contributed by atoms with van der Waals surface area (Å²) in [4.78, 5) is 35.1. The van der Waals surface area contributed by atoms with Crippen molar-refractivity contribution >= 4 is 27.8 Å². The number of hydrogen-bond donors (Lipinski definition) is 2. The first kappa shape index (κ1) is 24.9. The van der Waals surface area contributed by atoms with E-state index in [0.717, 1.165) is 41.6 Å². The highest BCUT2D eigenvalue weighted by atomic mass is 16.5. The Kier molecular flexibility index (Phi) is 6.95. The number of carboxylic acids is 1. The average molecular weight is 502 g/mol. The van der Waals surface area contributed by atoms with Crippen LogP contribution in [0.15, 0.2) is 53.6 Å². The standard InChI is InChI=1S/C29H31N3O5/c1-4-37-18-10-13-32(16-22-25(36-3)14-17(2)27-26(22)24(33)9-12-31-27)23(15-18)21-8-7-20(29(34)35)19-6-5-11-30-28(19)21/h5-9,11-12,14,18,23H,4,10,13,15-16H2,1-3H3,(H,31,33)(H,34,35)/t18?,23-/m0/s1. The maximum absolute atomic E-state index is 13.0. The number of aryl methyl sites for hydroxylation is 1. The highest BCUT2D eigenvalue weighted by Gasteiger charge is 2.33. The second-order valence-electron chi connectivity index (χ2n) is 9.46. The zero-order valence-electron chi connectivity index (χ0n) is 21.3. The van der Waals surface area contributed by atoms with Crippen LogP contribution in [0, 0.1) is 6.92 Å². The predicted molar refractivity (Wildman–Crippen MR) is 142 cm³/mol. The number of hydrogen-bond acceptors (Lipinski definition) is 6. The van der Waals surface area contributed by atoms with Crippen LogP contribution < -0.4 is 10.2 Å². The van der Waals surface area contributed by atoms with Gasteiger partial charge in [0.15, 0.2) is 5.43 Å². The molecular formula is C29H31N3O5. The molecule has 0 saturated carbocycles. The Morgan fingerprint density at radius 1 is 1.27 bits per heavy atom. The van der Waals surface area contributed by atoms with Crippen LogP contribution in [-0.4, -0.2) is 52.3 Å². The molecule has 0 aliphatic carbocycles. The summed E-state index contributed by atoms with van der Waals surface area (Å²) in [6.45, 7) is 5.82. The van der Waals surface area contributed by atoms with Gasteiger partial charge < -0.3 is 19.6 Å². The third-order valence-corrected chi connectivity index (χ3v) is 7.34. The summed E-state index contributed by atoms with van der Waals surface area (Å²) in [6.07, 6.45) is 5.02. The van der Waals surface area contributed by atoms with Crippen molar-refractivity contribution in [2.75, 3.05) is 20.3 Å². The molecule has 2 N–H and O–H groups in total. The Bertz CT molecular complexity index is 1530. The molecule has 2 atom stereocenters. The summed E-state index contributed by atoms with van der Waals surface area (Å²) in [5, 5.41) is 11.0. The van der Waals surface area contributed by atoms with E-state index < -0.39 is 5.97 Å². The van der Waals surface area contributed by atoms with E-state index in [1.54, 1.807) is 43.8 Å². The lowest BCUT2D eigenvalue weighted by Gasteiger charge is -2.40. The molecule has 192 valence electrons. The van der Waals surface area contributed by atoms with Crippen molar-refractivity contribution in [3.8, 4) is 5.75 Å². The van der Waals surface area contributed by atoms with E-state index in [0.29, 0.717) is 35.2 Å². The maximum Gasteiger partial charge on any atom is 0.336 e. The van der Waals surface area contributed by atoms with Gasteiger partial charge in [-0.25, -0.2) is 4.79 Å². The van der Waals surface area contributed by atoms with Crippen LogP contribution in [0.5, 0.6) is 5.75 Å². The molecule has 0 spiro atoms. The lowest BCUT2D eigenvalue weighted by atomic mass is 9.89. The van der Waals surface area contributed by atoms with Crippen LogP contribution >= 0.6 is 0 Å². The molecular weight excluding hydrogens is 470 g/mol. The predicted octanol–water partition coefficient (Wildman–Crippen LogP) is 4.83. The summed E-state index contributed by atoms with van der Waals surface area (Å²) < 4.78 is 11.8. The Morgan fingerprint density at radius 3 is 2.86 bits per heavy atom. The molecule has 1 unspecified atom stereocenters. The topological polar surface area (TPSA) is 105 Å². The number of pyridine rings is 2. The third kappa shape index (κ3) is 4.58. The monoisotopic (exact) mass is 501 g/mol. The van der Waals surface area contributed by atoms with E-state index in [4.69, 9.17) is 9.47 Å². The number of ether oxygens (including phenoxy) is 2. The fourth-order valence-corrected chi connectivity index (χ4v) is 5.64. The van der Waals surface area contributed by atoms with Gasteiger partial charge in [0.1, 0.15) is 5.75 Å². The molecule has 1 fully saturated rings. The highest BCUT2D eigenvalue weighted by Crippen LogP contribution is 2.39. The lowest BCUT2D eigenvalue weighted by Crippen LogP contribution is -2.39. The van der Waals surface area contributed by atoms with Crippen molar-refractivity contribution in [3.63, 3.8) is 0 Å². The van der Waals surface area contributed by atoms with Gasteiger partial charge in [0.05, 0.1) is 35.2 Å². The summed E-state index contributed by atoms with van der Waals surface area (Å²) in [5.41, 5.74) is 4.39. The Hall–Kier alpha value is -3.75. The van der Waals surface area contributed by atoms with E-state index in [-0.39, 0.29) is 23.1 Å². The van der Waals surface area contributed by atoms with E-state index in [9.17, 15) is 14.7 Å². The summed E-state index contributed by atoms with van der Waals surface area (Å²) in [6, 6.07) is 10.5. The molecule has 0 amide bonds. The minimum absolute atomic E-state index is 0.0515. The molecule has 1 aliphatic heterocycles. The van der Waals surface area contributed by atoms with Crippen LogP contribution in [-0.2, 0) is 11.3 Å². The first-order valence-corrected chi connectivity index (χ1v) is 12.6. The molecule has 5 rings (SSSR count). The fourth-order valence-electron chi connectivity index (χ4n) is 5.64. The fraction of sp³-hybridized carbons (Fsp3) is 0.345. The molecule has 2 aromatic heterocycles. The van der Waals surface area contributed by atoms with E-state index in [1.165, 1.54) is 0 Å². The quantitative estimate of drug-likeness (QED) is 0.374. The van der Waals surface area contributed by atoms with Gasteiger partial charge in [-0.3, -0.25) is 14.7 Å². The van der Waals surface area contributed by atoms with Gasteiger partial charge in [0.25, 0.3) is 0 Å². The second-order valence-corrected chi connectivity index (χ2v) is 9.46. The first-order chi connectivity index (χ1) is 17.9. The number of carbonyl (C=O) groups is 1. The summed E-state index contributed by atoms with van der Waals surface area (Å²) in [7, 11) is 1.63. The number of aromatic amines is 1. The molecule has 0 radical (unpaired) electrons. The zero-order valence-corrected chi connectivity index (χ0v) is 21.3. The van der Waals surface area contributed by atoms with Gasteiger partial charge in [0.2, 0.25) is 0 Å². The number of rotatable bonds is 7.